The molecule has 0 saturated heterocycles. The van der Waals surface area contributed by atoms with E-state index in [2.05, 4.69) is 10.3 Å². The summed E-state index contributed by atoms with van der Waals surface area (Å²) in [4.78, 5) is 16.8. The van der Waals surface area contributed by atoms with Gasteiger partial charge >= 0.3 is 0 Å². The maximum atomic E-state index is 13.3. The van der Waals surface area contributed by atoms with Gasteiger partial charge in [0.2, 0.25) is 11.8 Å². The largest absolute Gasteiger partial charge is 0.457 e. The van der Waals surface area contributed by atoms with Gasteiger partial charge in [0.1, 0.15) is 22.9 Å². The molecule has 0 unspecified atom stereocenters. The minimum Gasteiger partial charge on any atom is -0.457 e. The van der Waals surface area contributed by atoms with Gasteiger partial charge in [0.05, 0.1) is 10.6 Å². The standard InChI is InChI=1S/C27H17Cl2FN2O3/c1-15-2-3-16(12-21(15)28)24-10-6-19(34-24)7-11-26(33)31-18-5-9-25-23(14-18)32-27(35-25)20-8-4-17(30)13-22(20)29/h2-14H,1H3,(H,31,33)/b11-7+. The molecule has 5 nitrogen and oxygen atoms in total. The number of carbonyl (C=O) groups is 1. The van der Waals surface area contributed by atoms with Crippen molar-refractivity contribution in [3.8, 4) is 22.8 Å². The predicted octanol–water partition coefficient (Wildman–Crippen LogP) is 8.16. The van der Waals surface area contributed by atoms with E-state index in [-0.39, 0.29) is 16.8 Å². The average molecular weight is 507 g/mol. The lowest BCUT2D eigenvalue weighted by molar-refractivity contribution is -0.111. The normalized spacial score (nSPS) is 11.4. The first kappa shape index (κ1) is 22.9. The zero-order valence-corrected chi connectivity index (χ0v) is 19.8. The van der Waals surface area contributed by atoms with Gasteiger partial charge in [-0.2, -0.15) is 0 Å². The van der Waals surface area contributed by atoms with Crippen molar-refractivity contribution in [2.45, 2.75) is 6.92 Å². The maximum Gasteiger partial charge on any atom is 0.248 e. The number of halogens is 3. The molecule has 8 heteroatoms. The number of aryl methyl sites for hydroxylation is 1. The van der Waals surface area contributed by atoms with Gasteiger partial charge in [-0.1, -0.05) is 35.3 Å². The third kappa shape index (κ3) is 4.99. The molecular weight excluding hydrogens is 490 g/mol. The number of hydrogen-bond donors (Lipinski definition) is 1. The van der Waals surface area contributed by atoms with Gasteiger partial charge in [-0.15, -0.1) is 0 Å². The fourth-order valence-corrected chi connectivity index (χ4v) is 3.90. The number of oxazole rings is 1. The average Bonchev–Trinajstić information content (AvgIpc) is 3.46. The molecule has 0 aliphatic rings. The summed E-state index contributed by atoms with van der Waals surface area (Å²) in [5, 5.41) is 3.64. The predicted molar refractivity (Wildman–Crippen MR) is 136 cm³/mol. The van der Waals surface area contributed by atoms with Crippen LogP contribution < -0.4 is 5.32 Å². The molecule has 0 aliphatic heterocycles. The summed E-state index contributed by atoms with van der Waals surface area (Å²) >= 11 is 12.3. The third-order valence-corrected chi connectivity index (χ3v) is 6.02. The number of rotatable bonds is 5. The second-order valence-corrected chi connectivity index (χ2v) is 8.63. The van der Waals surface area contributed by atoms with E-state index >= 15 is 0 Å². The van der Waals surface area contributed by atoms with Gasteiger partial charge in [0.25, 0.3) is 0 Å². The highest BCUT2D eigenvalue weighted by Crippen LogP contribution is 2.31. The molecule has 5 aromatic rings. The smallest absolute Gasteiger partial charge is 0.248 e. The molecule has 1 N–H and O–H groups in total. The molecule has 0 fully saturated rings. The van der Waals surface area contributed by atoms with Gasteiger partial charge in [-0.05, 0) is 73.2 Å². The highest BCUT2D eigenvalue weighted by Gasteiger charge is 2.13. The van der Waals surface area contributed by atoms with Crippen LogP contribution in [0.25, 0.3) is 40.0 Å². The number of carbonyl (C=O) groups excluding carboxylic acids is 1. The first-order valence-corrected chi connectivity index (χ1v) is 11.3. The lowest BCUT2D eigenvalue weighted by atomic mass is 10.1. The lowest BCUT2D eigenvalue weighted by Gasteiger charge is -2.01. The summed E-state index contributed by atoms with van der Waals surface area (Å²) in [5.41, 5.74) is 3.88. The van der Waals surface area contributed by atoms with Crippen molar-refractivity contribution >= 4 is 52.0 Å². The van der Waals surface area contributed by atoms with E-state index in [1.807, 2.05) is 31.2 Å². The number of anilines is 1. The van der Waals surface area contributed by atoms with E-state index < -0.39 is 5.82 Å². The quantitative estimate of drug-likeness (QED) is 0.244. The Bertz CT molecular complexity index is 1600. The van der Waals surface area contributed by atoms with Crippen LogP contribution in [0.2, 0.25) is 10.0 Å². The zero-order valence-electron chi connectivity index (χ0n) is 18.3. The number of nitrogens with one attached hydrogen (secondary N) is 1. The van der Waals surface area contributed by atoms with Crippen LogP contribution in [0.5, 0.6) is 0 Å². The Kier molecular flexibility index (Phi) is 6.16. The molecule has 2 heterocycles. The number of hydrogen-bond acceptors (Lipinski definition) is 4. The van der Waals surface area contributed by atoms with E-state index in [0.29, 0.717) is 38.9 Å². The molecular formula is C27H17Cl2FN2O3. The third-order valence-electron chi connectivity index (χ3n) is 5.30. The highest BCUT2D eigenvalue weighted by atomic mass is 35.5. The Balaban J connectivity index is 1.29. The van der Waals surface area contributed by atoms with E-state index in [1.165, 1.54) is 24.3 Å². The minimum atomic E-state index is -0.446. The van der Waals surface area contributed by atoms with Gasteiger partial charge < -0.3 is 14.2 Å². The van der Waals surface area contributed by atoms with E-state index in [4.69, 9.17) is 32.0 Å². The van der Waals surface area contributed by atoms with Crippen molar-refractivity contribution in [1.29, 1.82) is 0 Å². The molecule has 0 aliphatic carbocycles. The van der Waals surface area contributed by atoms with Crippen molar-refractivity contribution < 1.29 is 18.0 Å². The van der Waals surface area contributed by atoms with Crippen molar-refractivity contribution in [2.75, 3.05) is 5.32 Å². The number of aromatic nitrogens is 1. The van der Waals surface area contributed by atoms with Crippen LogP contribution >= 0.6 is 23.2 Å². The van der Waals surface area contributed by atoms with Crippen LogP contribution in [0.1, 0.15) is 11.3 Å². The Morgan fingerprint density at radius 2 is 1.83 bits per heavy atom. The molecule has 0 radical (unpaired) electrons. The van der Waals surface area contributed by atoms with Crippen LogP contribution in [0.15, 0.2) is 81.6 Å². The SMILES string of the molecule is Cc1ccc(-c2ccc(/C=C/C(=O)Nc3ccc4oc(-c5ccc(F)cc5Cl)nc4c3)o2)cc1Cl. The van der Waals surface area contributed by atoms with E-state index in [9.17, 15) is 9.18 Å². The first-order valence-electron chi connectivity index (χ1n) is 10.6. The van der Waals surface area contributed by atoms with Gasteiger partial charge in [0, 0.05) is 22.3 Å². The fraction of sp³-hybridized carbons (Fsp3) is 0.0370. The van der Waals surface area contributed by atoms with E-state index in [1.54, 1.807) is 30.3 Å². The molecule has 3 aromatic carbocycles. The van der Waals surface area contributed by atoms with Crippen LogP contribution in [0.4, 0.5) is 10.1 Å². The highest BCUT2D eigenvalue weighted by molar-refractivity contribution is 6.33. The van der Waals surface area contributed by atoms with Gasteiger partial charge in [-0.3, -0.25) is 4.79 Å². The summed E-state index contributed by atoms with van der Waals surface area (Å²) < 4.78 is 24.9. The summed E-state index contributed by atoms with van der Waals surface area (Å²) in [5.74, 6) is 0.654. The molecule has 174 valence electrons. The first-order chi connectivity index (χ1) is 16.9. The van der Waals surface area contributed by atoms with Crippen LogP contribution in [0, 0.1) is 12.7 Å². The zero-order chi connectivity index (χ0) is 24.5. The van der Waals surface area contributed by atoms with Crippen molar-refractivity contribution in [2.24, 2.45) is 0 Å². The van der Waals surface area contributed by atoms with Crippen molar-refractivity contribution in [1.82, 2.24) is 4.98 Å². The second-order valence-electron chi connectivity index (χ2n) is 7.81. The Morgan fingerprint density at radius 3 is 2.63 bits per heavy atom. The maximum absolute atomic E-state index is 13.3. The molecule has 0 bridgehead atoms. The lowest BCUT2D eigenvalue weighted by Crippen LogP contribution is -2.07. The molecule has 35 heavy (non-hydrogen) atoms. The van der Waals surface area contributed by atoms with Gasteiger partial charge in [-0.25, -0.2) is 9.37 Å². The number of amides is 1. The van der Waals surface area contributed by atoms with Crippen LogP contribution in [0.3, 0.4) is 0 Å². The summed E-state index contributed by atoms with van der Waals surface area (Å²) in [6, 6.07) is 18.3. The molecule has 2 aromatic heterocycles. The molecule has 5 rings (SSSR count). The summed E-state index contributed by atoms with van der Waals surface area (Å²) in [7, 11) is 0. The molecule has 0 spiro atoms. The Morgan fingerprint density at radius 1 is 0.971 bits per heavy atom. The summed E-state index contributed by atoms with van der Waals surface area (Å²) in [6.07, 6.45) is 2.96. The van der Waals surface area contributed by atoms with Crippen molar-refractivity contribution in [3.63, 3.8) is 0 Å². The van der Waals surface area contributed by atoms with Crippen molar-refractivity contribution in [3.05, 3.63) is 100.0 Å². The molecule has 0 atom stereocenters. The number of fused-ring (bicyclic) bond motifs is 1. The Labute approximate surface area is 209 Å². The molecule has 0 saturated carbocycles. The van der Waals surface area contributed by atoms with E-state index in [0.717, 1.165) is 11.1 Å². The van der Waals surface area contributed by atoms with Crippen LogP contribution in [-0.4, -0.2) is 10.9 Å². The van der Waals surface area contributed by atoms with Gasteiger partial charge in [0.15, 0.2) is 5.58 Å². The molecule has 1 amide bonds. The number of nitrogens with zero attached hydrogens (tertiary/aromatic N) is 1. The monoisotopic (exact) mass is 506 g/mol. The minimum absolute atomic E-state index is 0.196. The second kappa shape index (κ2) is 9.41. The summed E-state index contributed by atoms with van der Waals surface area (Å²) in [6.45, 7) is 1.93. The van der Waals surface area contributed by atoms with Crippen LogP contribution in [-0.2, 0) is 4.79 Å². The number of furan rings is 1. The Hall–Kier alpha value is -3.87. The fourth-order valence-electron chi connectivity index (χ4n) is 3.47. The number of benzene rings is 3. The topological polar surface area (TPSA) is 68.3 Å².